The van der Waals surface area contributed by atoms with Gasteiger partial charge in [-0.1, -0.05) is 6.08 Å². The van der Waals surface area contributed by atoms with Crippen molar-refractivity contribution in [3.63, 3.8) is 0 Å². The summed E-state index contributed by atoms with van der Waals surface area (Å²) in [4.78, 5) is 36.6. The second-order valence-corrected chi connectivity index (χ2v) is 8.54. The van der Waals surface area contributed by atoms with Crippen molar-refractivity contribution in [1.29, 1.82) is 0 Å². The first-order valence-corrected chi connectivity index (χ1v) is 11.6. The molecule has 0 spiro atoms. The number of fused-ring (bicyclic) bond motifs is 1. The maximum absolute atomic E-state index is 12.4. The van der Waals surface area contributed by atoms with Crippen molar-refractivity contribution in [2.45, 2.75) is 25.8 Å². The van der Waals surface area contributed by atoms with Crippen molar-refractivity contribution in [3.8, 4) is 0 Å². The van der Waals surface area contributed by atoms with Crippen molar-refractivity contribution >= 4 is 28.1 Å². The molecule has 170 valence electrons. The van der Waals surface area contributed by atoms with Gasteiger partial charge in [-0.3, -0.25) is 14.7 Å². The lowest BCUT2D eigenvalue weighted by Crippen LogP contribution is -2.49. The van der Waals surface area contributed by atoms with Crippen molar-refractivity contribution in [2.75, 3.05) is 37.7 Å². The van der Waals surface area contributed by atoms with Gasteiger partial charge in [0.2, 0.25) is 0 Å². The van der Waals surface area contributed by atoms with Gasteiger partial charge in [-0.2, -0.15) is 0 Å². The topological polar surface area (TPSA) is 78.5 Å². The third-order valence-electron chi connectivity index (χ3n) is 6.59. The Kier molecular flexibility index (Phi) is 5.96. The Hall–Kier alpha value is -3.45. The maximum Gasteiger partial charge on any atom is 0.338 e. The number of pyridine rings is 2. The van der Waals surface area contributed by atoms with Gasteiger partial charge in [0.15, 0.2) is 0 Å². The van der Waals surface area contributed by atoms with Crippen LogP contribution >= 0.6 is 0 Å². The smallest absolute Gasteiger partial charge is 0.338 e. The fraction of sp³-hybridized carbons (Fsp3) is 0.346. The molecule has 1 fully saturated rings. The van der Waals surface area contributed by atoms with Gasteiger partial charge >= 0.3 is 5.97 Å². The van der Waals surface area contributed by atoms with Crippen LogP contribution in [0.3, 0.4) is 0 Å². The summed E-state index contributed by atoms with van der Waals surface area (Å²) in [5.74, 6) is -0.277. The highest BCUT2D eigenvalue weighted by molar-refractivity contribution is 5.89. The number of nitrogens with zero attached hydrogens (tertiary/aromatic N) is 3. The molecule has 33 heavy (non-hydrogen) atoms. The van der Waals surface area contributed by atoms with E-state index in [1.165, 1.54) is 5.57 Å². The number of carbonyl (C=O) groups excluding carboxylic acids is 1. The second-order valence-electron chi connectivity index (χ2n) is 8.54. The lowest BCUT2D eigenvalue weighted by molar-refractivity contribution is 0.0526. The van der Waals surface area contributed by atoms with E-state index in [2.05, 4.69) is 25.8 Å². The molecule has 1 aromatic carbocycles. The summed E-state index contributed by atoms with van der Waals surface area (Å²) in [6.07, 6.45) is 6.05. The van der Waals surface area contributed by atoms with E-state index in [9.17, 15) is 9.59 Å². The molecular formula is C26H28N4O3. The van der Waals surface area contributed by atoms with Crippen molar-refractivity contribution < 1.29 is 9.53 Å². The minimum absolute atomic E-state index is 0.0810. The summed E-state index contributed by atoms with van der Waals surface area (Å²) in [6, 6.07) is 13.6. The van der Waals surface area contributed by atoms with Gasteiger partial charge in [0.25, 0.3) is 5.56 Å². The number of nitrogens with one attached hydrogen (secondary N) is 1. The molecule has 0 radical (unpaired) electrons. The van der Waals surface area contributed by atoms with Gasteiger partial charge in [0.1, 0.15) is 0 Å². The van der Waals surface area contributed by atoms with Crippen LogP contribution in [0, 0.1) is 0 Å². The van der Waals surface area contributed by atoms with Crippen molar-refractivity contribution in [1.82, 2.24) is 14.9 Å². The number of anilines is 1. The Morgan fingerprint density at radius 2 is 1.94 bits per heavy atom. The summed E-state index contributed by atoms with van der Waals surface area (Å²) < 4.78 is 5.06. The molecule has 0 unspecified atom stereocenters. The van der Waals surface area contributed by atoms with Crippen LogP contribution in [0.15, 0.2) is 59.5 Å². The van der Waals surface area contributed by atoms with E-state index in [0.717, 1.165) is 55.9 Å². The quantitative estimate of drug-likeness (QED) is 0.607. The average molecular weight is 445 g/mol. The van der Waals surface area contributed by atoms with Gasteiger partial charge in [-0.15, -0.1) is 0 Å². The summed E-state index contributed by atoms with van der Waals surface area (Å²) >= 11 is 0. The Morgan fingerprint density at radius 3 is 2.70 bits per heavy atom. The molecule has 5 rings (SSSR count). The molecule has 3 heterocycles. The first kappa shape index (κ1) is 21.4. The lowest BCUT2D eigenvalue weighted by atomic mass is 10.1. The number of allylic oxidation sites excluding steroid dienone is 1. The number of hydrogen-bond acceptors (Lipinski definition) is 6. The molecule has 1 aliphatic heterocycles. The van der Waals surface area contributed by atoms with Crippen LogP contribution in [0.2, 0.25) is 0 Å². The van der Waals surface area contributed by atoms with E-state index in [4.69, 9.17) is 4.74 Å². The van der Waals surface area contributed by atoms with Gasteiger partial charge < -0.3 is 14.6 Å². The summed E-state index contributed by atoms with van der Waals surface area (Å²) in [5.41, 5.74) is 4.46. The molecule has 0 saturated carbocycles. The molecule has 2 aromatic heterocycles. The van der Waals surface area contributed by atoms with Gasteiger partial charge in [-0.05, 0) is 67.8 Å². The van der Waals surface area contributed by atoms with Crippen LogP contribution in [0.25, 0.3) is 16.5 Å². The predicted molar refractivity (Wildman–Crippen MR) is 130 cm³/mol. The number of esters is 1. The third kappa shape index (κ3) is 4.41. The van der Waals surface area contributed by atoms with Crippen molar-refractivity contribution in [3.05, 3.63) is 76.3 Å². The van der Waals surface area contributed by atoms with Gasteiger partial charge in [-0.25, -0.2) is 4.79 Å². The van der Waals surface area contributed by atoms with E-state index in [1.54, 1.807) is 18.3 Å². The van der Waals surface area contributed by atoms with E-state index >= 15 is 0 Å². The van der Waals surface area contributed by atoms with Crippen LogP contribution in [0.5, 0.6) is 0 Å². The van der Waals surface area contributed by atoms with Gasteiger partial charge in [0.05, 0.1) is 23.1 Å². The number of piperazine rings is 1. The first-order valence-electron chi connectivity index (χ1n) is 11.6. The van der Waals surface area contributed by atoms with E-state index < -0.39 is 0 Å². The summed E-state index contributed by atoms with van der Waals surface area (Å²) in [6.45, 7) is 6.03. The standard InChI is InChI=1S/C26H28N4O3/c1-2-33-26(32)18-5-8-20(9-6-18)29-12-14-30(15-13-29)21-10-7-19(16-21)23-17-24-22(25(31)28-23)4-3-11-27-24/h3-6,8-9,11,16-17,21H,2,7,10,12-15H2,1H3,(H,28,31)/t21-/m1/s1. The number of carbonyl (C=O) groups is 1. The van der Waals surface area contributed by atoms with E-state index in [-0.39, 0.29) is 11.5 Å². The zero-order chi connectivity index (χ0) is 22.8. The number of H-pyrrole nitrogens is 1. The highest BCUT2D eigenvalue weighted by Crippen LogP contribution is 2.31. The fourth-order valence-corrected chi connectivity index (χ4v) is 4.81. The minimum atomic E-state index is -0.277. The molecule has 1 atom stereocenters. The summed E-state index contributed by atoms with van der Waals surface area (Å²) in [5, 5.41) is 0.628. The van der Waals surface area contributed by atoms with E-state index in [1.807, 2.05) is 37.3 Å². The molecule has 2 aliphatic rings. The van der Waals surface area contributed by atoms with Crippen LogP contribution in [-0.4, -0.2) is 59.7 Å². The zero-order valence-corrected chi connectivity index (χ0v) is 18.8. The van der Waals surface area contributed by atoms with Crippen LogP contribution in [0.4, 0.5) is 5.69 Å². The highest BCUT2D eigenvalue weighted by atomic mass is 16.5. The number of aromatic nitrogens is 2. The molecule has 1 saturated heterocycles. The number of ether oxygens (including phenoxy) is 1. The zero-order valence-electron chi connectivity index (χ0n) is 18.8. The molecular weight excluding hydrogens is 416 g/mol. The van der Waals surface area contributed by atoms with Crippen LogP contribution in [0.1, 0.15) is 35.8 Å². The number of benzene rings is 1. The Morgan fingerprint density at radius 1 is 1.15 bits per heavy atom. The van der Waals surface area contributed by atoms with E-state index in [0.29, 0.717) is 23.6 Å². The molecule has 0 amide bonds. The van der Waals surface area contributed by atoms with Crippen LogP contribution < -0.4 is 10.5 Å². The largest absolute Gasteiger partial charge is 0.462 e. The SMILES string of the molecule is CCOC(=O)c1ccc(N2CCN([C@H]3C=C(c4cc5ncccc5c(=O)[nH]4)CC3)CC2)cc1. The number of hydrogen-bond donors (Lipinski definition) is 1. The molecule has 0 bridgehead atoms. The van der Waals surface area contributed by atoms with Crippen LogP contribution in [-0.2, 0) is 4.74 Å². The number of aromatic amines is 1. The summed E-state index contributed by atoms with van der Waals surface area (Å²) in [7, 11) is 0. The molecule has 3 aromatic rings. The number of rotatable bonds is 5. The molecule has 1 aliphatic carbocycles. The van der Waals surface area contributed by atoms with Gasteiger partial charge in [0, 0.05) is 49.8 Å². The Labute approximate surface area is 192 Å². The highest BCUT2D eigenvalue weighted by Gasteiger charge is 2.27. The molecule has 7 nitrogen and oxygen atoms in total. The average Bonchev–Trinajstić information content (AvgIpc) is 3.35. The molecule has 7 heteroatoms. The second kappa shape index (κ2) is 9.19. The monoisotopic (exact) mass is 444 g/mol. The Balaban J connectivity index is 1.23. The molecule has 1 N–H and O–H groups in total. The predicted octanol–water partition coefficient (Wildman–Crippen LogP) is 3.47. The Bertz CT molecular complexity index is 1240. The fourth-order valence-electron chi connectivity index (χ4n) is 4.81. The normalized spacial score (nSPS) is 19.0. The van der Waals surface area contributed by atoms with Crippen molar-refractivity contribution in [2.24, 2.45) is 0 Å². The minimum Gasteiger partial charge on any atom is -0.462 e. The first-order chi connectivity index (χ1) is 16.1. The maximum atomic E-state index is 12.4. The third-order valence-corrected chi connectivity index (χ3v) is 6.59. The lowest BCUT2D eigenvalue weighted by Gasteiger charge is -2.38.